The third-order valence-corrected chi connectivity index (χ3v) is 5.51. The van der Waals surface area contributed by atoms with E-state index in [0.29, 0.717) is 29.7 Å². The Balaban J connectivity index is 1.77. The molecule has 2 aromatic rings. The number of nitrogens with zero attached hydrogens (tertiary/aromatic N) is 3. The molecule has 0 spiro atoms. The molecule has 146 valence electrons. The lowest BCUT2D eigenvalue weighted by Gasteiger charge is -2.39. The molecule has 6 nitrogen and oxygen atoms in total. The van der Waals surface area contributed by atoms with Crippen LogP contribution in [0, 0.1) is 0 Å². The van der Waals surface area contributed by atoms with Crippen LogP contribution in [0.15, 0.2) is 53.5 Å². The maximum Gasteiger partial charge on any atom is 0.337 e. The van der Waals surface area contributed by atoms with Gasteiger partial charge in [0.1, 0.15) is 0 Å². The molecule has 2 aliphatic rings. The maximum atomic E-state index is 12.0. The normalized spacial score (nSPS) is 21.3. The van der Waals surface area contributed by atoms with E-state index in [0.717, 1.165) is 30.6 Å². The number of carbonyl (C=O) groups excluding carboxylic acids is 1. The second kappa shape index (κ2) is 7.64. The van der Waals surface area contributed by atoms with Gasteiger partial charge in [-0.05, 0) is 43.5 Å². The Morgan fingerprint density at radius 1 is 1.25 bits per heavy atom. The van der Waals surface area contributed by atoms with Gasteiger partial charge in [0, 0.05) is 19.1 Å². The monoisotopic (exact) mass is 379 g/mol. The number of hydrogen-bond donors (Lipinski definition) is 1. The van der Waals surface area contributed by atoms with Crippen molar-refractivity contribution in [2.75, 3.05) is 18.6 Å². The number of anilines is 1. The van der Waals surface area contributed by atoms with Crippen LogP contribution in [0.25, 0.3) is 0 Å². The smallest absolute Gasteiger partial charge is 0.337 e. The van der Waals surface area contributed by atoms with Crippen molar-refractivity contribution in [3.63, 3.8) is 0 Å². The Kier molecular flexibility index (Phi) is 5.05. The zero-order chi connectivity index (χ0) is 19.7. The molecule has 1 saturated heterocycles. The second-order valence-electron chi connectivity index (χ2n) is 7.34. The van der Waals surface area contributed by atoms with Crippen LogP contribution in [0.1, 0.15) is 35.7 Å². The van der Waals surface area contributed by atoms with Crippen LogP contribution in [0.3, 0.4) is 0 Å². The van der Waals surface area contributed by atoms with E-state index in [1.54, 1.807) is 12.1 Å². The summed E-state index contributed by atoms with van der Waals surface area (Å²) >= 11 is 0. The van der Waals surface area contributed by atoms with Crippen LogP contribution in [0.5, 0.6) is 0 Å². The van der Waals surface area contributed by atoms with E-state index >= 15 is 0 Å². The fourth-order valence-corrected chi connectivity index (χ4v) is 3.99. The number of methoxy groups -OCH3 is 1. The van der Waals surface area contributed by atoms with Gasteiger partial charge in [0.2, 0.25) is 0 Å². The number of carbonyl (C=O) groups is 1. The highest BCUT2D eigenvalue weighted by atomic mass is 16.5. The van der Waals surface area contributed by atoms with Gasteiger partial charge < -0.3 is 19.6 Å². The van der Waals surface area contributed by atoms with Gasteiger partial charge in [0.15, 0.2) is 12.1 Å². The molecule has 2 heterocycles. The number of amidine groups is 1. The average molecular weight is 379 g/mol. The molecular weight excluding hydrogens is 354 g/mol. The SMILES string of the molecule is COC(=O)c1ccc2c(c1)N=C(N1CCC[C@@H]1C)C(O)N2Cc1ccccc1. The average Bonchev–Trinajstić information content (AvgIpc) is 3.15. The first-order chi connectivity index (χ1) is 13.6. The van der Waals surface area contributed by atoms with Gasteiger partial charge >= 0.3 is 5.97 Å². The van der Waals surface area contributed by atoms with Crippen LogP contribution in [-0.4, -0.2) is 47.7 Å². The quantitative estimate of drug-likeness (QED) is 0.829. The van der Waals surface area contributed by atoms with E-state index in [1.807, 2.05) is 41.3 Å². The molecule has 2 aliphatic heterocycles. The number of likely N-dealkylation sites (tertiary alicyclic amines) is 1. The standard InChI is InChI=1S/C22H25N3O3/c1-15-7-6-12-24(15)20-21(26)25(14-16-8-4-3-5-9-16)19-11-10-17(22(27)28-2)13-18(19)23-20/h3-5,8-11,13,15,21,26H,6-7,12,14H2,1-2H3/t15-,21?/m0/s1. The Labute approximate surface area is 165 Å². The van der Waals surface area contributed by atoms with E-state index < -0.39 is 12.2 Å². The number of esters is 1. The Morgan fingerprint density at radius 3 is 2.71 bits per heavy atom. The second-order valence-corrected chi connectivity index (χ2v) is 7.34. The fourth-order valence-electron chi connectivity index (χ4n) is 3.99. The molecule has 1 unspecified atom stereocenters. The largest absolute Gasteiger partial charge is 0.465 e. The fraction of sp³-hybridized carbons (Fsp3) is 0.364. The summed E-state index contributed by atoms with van der Waals surface area (Å²) in [7, 11) is 1.37. The Bertz CT molecular complexity index is 897. The lowest BCUT2D eigenvalue weighted by molar-refractivity contribution is 0.0601. The minimum absolute atomic E-state index is 0.331. The van der Waals surface area contributed by atoms with Crippen LogP contribution in [0.4, 0.5) is 11.4 Å². The topological polar surface area (TPSA) is 65.4 Å². The molecule has 28 heavy (non-hydrogen) atoms. The van der Waals surface area contributed by atoms with Crippen molar-refractivity contribution in [1.82, 2.24) is 4.90 Å². The summed E-state index contributed by atoms with van der Waals surface area (Å²) in [5.41, 5.74) is 3.04. The van der Waals surface area contributed by atoms with E-state index in [2.05, 4.69) is 11.8 Å². The molecule has 0 bridgehead atoms. The lowest BCUT2D eigenvalue weighted by Crippen LogP contribution is -2.51. The summed E-state index contributed by atoms with van der Waals surface area (Å²) in [5, 5.41) is 11.2. The minimum atomic E-state index is -0.836. The highest BCUT2D eigenvalue weighted by molar-refractivity contribution is 5.98. The number of rotatable bonds is 3. The van der Waals surface area contributed by atoms with E-state index in [4.69, 9.17) is 9.73 Å². The van der Waals surface area contributed by atoms with E-state index in [1.165, 1.54) is 7.11 Å². The Morgan fingerprint density at radius 2 is 2.04 bits per heavy atom. The van der Waals surface area contributed by atoms with Crippen molar-refractivity contribution >= 4 is 23.2 Å². The van der Waals surface area contributed by atoms with Crippen LogP contribution in [-0.2, 0) is 11.3 Å². The zero-order valence-corrected chi connectivity index (χ0v) is 16.2. The minimum Gasteiger partial charge on any atom is -0.465 e. The highest BCUT2D eigenvalue weighted by Gasteiger charge is 2.35. The molecule has 0 radical (unpaired) electrons. The van der Waals surface area contributed by atoms with Crippen LogP contribution >= 0.6 is 0 Å². The molecule has 1 N–H and O–H groups in total. The molecular formula is C22H25N3O3. The van der Waals surface area contributed by atoms with Crippen molar-refractivity contribution in [2.45, 2.75) is 38.6 Å². The molecule has 2 aromatic carbocycles. The zero-order valence-electron chi connectivity index (χ0n) is 16.2. The molecule has 0 amide bonds. The lowest BCUT2D eigenvalue weighted by atomic mass is 10.1. The molecule has 0 aliphatic carbocycles. The third-order valence-electron chi connectivity index (χ3n) is 5.51. The van der Waals surface area contributed by atoms with Gasteiger partial charge in [0.05, 0.1) is 24.0 Å². The number of benzene rings is 2. The predicted octanol–water partition coefficient (Wildman–Crippen LogP) is 3.33. The summed E-state index contributed by atoms with van der Waals surface area (Å²) in [6.45, 7) is 3.58. The third kappa shape index (κ3) is 3.36. The van der Waals surface area contributed by atoms with Crippen LogP contribution in [0.2, 0.25) is 0 Å². The first-order valence-corrected chi connectivity index (χ1v) is 9.64. The van der Waals surface area contributed by atoms with Crippen LogP contribution < -0.4 is 4.90 Å². The van der Waals surface area contributed by atoms with Gasteiger partial charge in [0.25, 0.3) is 0 Å². The van der Waals surface area contributed by atoms with Crippen molar-refractivity contribution in [3.05, 3.63) is 59.7 Å². The van der Waals surface area contributed by atoms with Crippen molar-refractivity contribution < 1.29 is 14.6 Å². The van der Waals surface area contributed by atoms with Gasteiger partial charge in [-0.15, -0.1) is 0 Å². The summed E-state index contributed by atoms with van der Waals surface area (Å²) < 4.78 is 4.85. The van der Waals surface area contributed by atoms with Crippen molar-refractivity contribution in [3.8, 4) is 0 Å². The Hall–Kier alpha value is -2.86. The molecule has 4 rings (SSSR count). The molecule has 6 heteroatoms. The number of aliphatic hydroxyl groups excluding tert-OH is 1. The highest BCUT2D eigenvalue weighted by Crippen LogP contribution is 2.38. The van der Waals surface area contributed by atoms with Crippen molar-refractivity contribution in [1.29, 1.82) is 0 Å². The van der Waals surface area contributed by atoms with Gasteiger partial charge in [-0.25, -0.2) is 9.79 Å². The molecule has 0 saturated carbocycles. The number of aliphatic imine (C=N–C) groups is 1. The molecule has 2 atom stereocenters. The van der Waals surface area contributed by atoms with Gasteiger partial charge in [-0.2, -0.15) is 0 Å². The van der Waals surface area contributed by atoms with Gasteiger partial charge in [-0.3, -0.25) is 0 Å². The summed E-state index contributed by atoms with van der Waals surface area (Å²) in [6, 6.07) is 15.7. The first-order valence-electron chi connectivity index (χ1n) is 9.64. The summed E-state index contributed by atoms with van der Waals surface area (Å²) in [4.78, 5) is 20.9. The summed E-state index contributed by atoms with van der Waals surface area (Å²) in [6.07, 6.45) is 1.33. The summed E-state index contributed by atoms with van der Waals surface area (Å²) in [5.74, 6) is 0.255. The predicted molar refractivity (Wildman–Crippen MR) is 109 cm³/mol. The first kappa shape index (κ1) is 18.5. The molecule has 1 fully saturated rings. The maximum absolute atomic E-state index is 12.0. The number of hydrogen-bond acceptors (Lipinski definition) is 6. The number of ether oxygens (including phenoxy) is 1. The van der Waals surface area contributed by atoms with E-state index in [9.17, 15) is 9.90 Å². The van der Waals surface area contributed by atoms with Gasteiger partial charge in [-0.1, -0.05) is 30.3 Å². The number of aliphatic hydroxyl groups is 1. The van der Waals surface area contributed by atoms with E-state index in [-0.39, 0.29) is 0 Å². The molecule has 0 aromatic heterocycles. The van der Waals surface area contributed by atoms with Crippen molar-refractivity contribution in [2.24, 2.45) is 4.99 Å². The number of fused-ring (bicyclic) bond motifs is 1.